The third-order valence-electron chi connectivity index (χ3n) is 7.54. The van der Waals surface area contributed by atoms with E-state index in [1.807, 2.05) is 50.4 Å². The van der Waals surface area contributed by atoms with Crippen molar-refractivity contribution in [3.8, 4) is 11.5 Å². The third-order valence-corrected chi connectivity index (χ3v) is 7.74. The molecule has 6 rings (SSSR count). The van der Waals surface area contributed by atoms with Crippen LogP contribution >= 0.6 is 12.2 Å². The van der Waals surface area contributed by atoms with Gasteiger partial charge >= 0.3 is 0 Å². The van der Waals surface area contributed by atoms with Crippen LogP contribution in [-0.2, 0) is 4.74 Å². The van der Waals surface area contributed by atoms with E-state index >= 15 is 0 Å². The van der Waals surface area contributed by atoms with E-state index in [1.54, 1.807) is 0 Å². The minimum absolute atomic E-state index is 0.203. The lowest BCUT2D eigenvalue weighted by Gasteiger charge is -2.51. The smallest absolute Gasteiger partial charge is 0.262 e. The maximum absolute atomic E-state index is 6.69. The van der Waals surface area contributed by atoms with Crippen molar-refractivity contribution < 1.29 is 14.2 Å². The zero-order valence-corrected chi connectivity index (χ0v) is 22.4. The Morgan fingerprint density at radius 3 is 2.57 bits per heavy atom. The van der Waals surface area contributed by atoms with Crippen molar-refractivity contribution in [3.63, 3.8) is 0 Å². The van der Waals surface area contributed by atoms with Crippen LogP contribution in [0.2, 0.25) is 0 Å². The van der Waals surface area contributed by atoms with Crippen LogP contribution in [0.15, 0.2) is 67.4 Å². The number of fused-ring (bicyclic) bond motifs is 4. The molecule has 1 aromatic heterocycles. The number of aromatic nitrogens is 1. The van der Waals surface area contributed by atoms with Gasteiger partial charge < -0.3 is 19.5 Å². The number of hydrogen-bond donors (Lipinski definition) is 1. The molecule has 7 heteroatoms. The molecule has 3 aliphatic heterocycles. The molecule has 0 aliphatic carbocycles. The second-order valence-corrected chi connectivity index (χ2v) is 9.98. The van der Waals surface area contributed by atoms with Crippen molar-refractivity contribution in [3.05, 3.63) is 72.9 Å². The number of ether oxygens (including phenoxy) is 3. The Kier molecular flexibility index (Phi) is 7.91. The van der Waals surface area contributed by atoms with Gasteiger partial charge in [0.25, 0.3) is 5.17 Å². The predicted molar refractivity (Wildman–Crippen MR) is 152 cm³/mol. The molecule has 1 unspecified atom stereocenters. The van der Waals surface area contributed by atoms with Gasteiger partial charge in [0.2, 0.25) is 0 Å². The zero-order valence-electron chi connectivity index (χ0n) is 21.6. The van der Waals surface area contributed by atoms with Crippen LogP contribution < -0.4 is 14.8 Å². The summed E-state index contributed by atoms with van der Waals surface area (Å²) in [5.74, 6) is 2.49. The lowest BCUT2D eigenvalue weighted by atomic mass is 9.73. The zero-order chi connectivity index (χ0) is 25.8. The van der Waals surface area contributed by atoms with Gasteiger partial charge in [-0.3, -0.25) is 9.88 Å². The minimum Gasteiger partial charge on any atom is -0.492 e. The highest BCUT2D eigenvalue weighted by atomic mass is 32.1. The van der Waals surface area contributed by atoms with Gasteiger partial charge in [-0.25, -0.2) is 0 Å². The van der Waals surface area contributed by atoms with E-state index in [0.717, 1.165) is 36.0 Å². The second-order valence-electron chi connectivity index (χ2n) is 9.61. The number of nitrogens with zero attached hydrogens (tertiary/aromatic N) is 2. The first-order valence-corrected chi connectivity index (χ1v) is 13.6. The second kappa shape index (κ2) is 11.5. The number of para-hydroxylation sites is 2. The van der Waals surface area contributed by atoms with Gasteiger partial charge in [-0.15, -0.1) is 6.58 Å². The first-order chi connectivity index (χ1) is 18.1. The predicted octanol–water partition coefficient (Wildman–Crippen LogP) is 6.38. The van der Waals surface area contributed by atoms with Crippen molar-refractivity contribution in [2.75, 3.05) is 31.6 Å². The summed E-state index contributed by atoms with van der Waals surface area (Å²) in [5, 5.41) is 4.69. The fourth-order valence-corrected chi connectivity index (χ4v) is 6.05. The summed E-state index contributed by atoms with van der Waals surface area (Å²) in [4.78, 5) is 7.14. The monoisotopic (exact) mass is 517 g/mol. The van der Waals surface area contributed by atoms with E-state index in [4.69, 9.17) is 26.4 Å². The fourth-order valence-electron chi connectivity index (χ4n) is 5.84. The van der Waals surface area contributed by atoms with E-state index in [0.29, 0.717) is 47.4 Å². The van der Waals surface area contributed by atoms with Gasteiger partial charge in [0, 0.05) is 23.7 Å². The van der Waals surface area contributed by atoms with Gasteiger partial charge in [0.05, 0.1) is 24.8 Å². The van der Waals surface area contributed by atoms with E-state index in [9.17, 15) is 0 Å². The molecule has 3 fully saturated rings. The highest BCUT2D eigenvalue weighted by Crippen LogP contribution is 2.44. The van der Waals surface area contributed by atoms with Crippen LogP contribution in [-0.4, -0.2) is 47.4 Å². The van der Waals surface area contributed by atoms with Crippen molar-refractivity contribution in [1.82, 2.24) is 9.88 Å². The van der Waals surface area contributed by atoms with Gasteiger partial charge in [-0.1, -0.05) is 30.3 Å². The lowest BCUT2D eigenvalue weighted by Crippen LogP contribution is -2.55. The molecule has 4 heterocycles. The number of nitrogens with one attached hydrogen (secondary N) is 1. The quantitative estimate of drug-likeness (QED) is 0.261. The van der Waals surface area contributed by atoms with Crippen molar-refractivity contribution in [2.45, 2.75) is 38.8 Å². The van der Waals surface area contributed by atoms with Gasteiger partial charge in [0.1, 0.15) is 23.3 Å². The molecule has 2 bridgehead atoms. The Labute approximate surface area is 224 Å². The van der Waals surface area contributed by atoms with Gasteiger partial charge in [-0.2, -0.15) is 0 Å². The maximum atomic E-state index is 6.69. The molecule has 6 nitrogen and oxygen atoms in total. The molecule has 0 saturated carbocycles. The normalized spacial score (nSPS) is 23.3. The molecule has 2 aromatic carbocycles. The molecule has 1 N–H and O–H groups in total. The molecule has 0 amide bonds. The Bertz CT molecular complexity index is 1240. The van der Waals surface area contributed by atoms with Crippen molar-refractivity contribution >= 4 is 34.0 Å². The van der Waals surface area contributed by atoms with E-state index in [2.05, 4.69) is 46.1 Å². The number of piperidine rings is 3. The van der Waals surface area contributed by atoms with Crippen molar-refractivity contribution in [2.24, 2.45) is 11.8 Å². The van der Waals surface area contributed by atoms with Crippen LogP contribution in [0.5, 0.6) is 11.5 Å². The van der Waals surface area contributed by atoms with Crippen LogP contribution in [0.4, 0.5) is 5.69 Å². The average molecular weight is 518 g/mol. The summed E-state index contributed by atoms with van der Waals surface area (Å²) in [6, 6.07) is 16.2. The van der Waals surface area contributed by atoms with Crippen LogP contribution in [0.3, 0.4) is 0 Å². The van der Waals surface area contributed by atoms with Crippen LogP contribution in [0, 0.1) is 11.8 Å². The molecular formula is C30H35N3O3S. The summed E-state index contributed by atoms with van der Waals surface area (Å²) in [6.07, 6.45) is 5.97. The minimum atomic E-state index is -0.253. The third kappa shape index (κ3) is 5.29. The number of hydrogen-bond acceptors (Lipinski definition) is 6. The first-order valence-electron chi connectivity index (χ1n) is 13.2. The number of benzene rings is 2. The number of pyridine rings is 1. The summed E-state index contributed by atoms with van der Waals surface area (Å²) in [5.41, 5.74) is 2.74. The molecule has 3 saturated heterocycles. The molecule has 194 valence electrons. The fraction of sp³-hybridized carbons (Fsp3) is 0.400. The van der Waals surface area contributed by atoms with Crippen LogP contribution in [0.1, 0.15) is 38.4 Å². The van der Waals surface area contributed by atoms with Gasteiger partial charge in [-0.05, 0) is 81.6 Å². The Balaban J connectivity index is 1.48. The highest BCUT2D eigenvalue weighted by molar-refractivity contribution is 7.80. The topological polar surface area (TPSA) is 55.9 Å². The standard InChI is InChI=1S/C30H35N3O3S/c1-4-20-19-33-17-15-21(20)18-25(33)29(23-14-16-31-24-11-8-7-10-22(23)24)36-30(37)32-28-26(34-5-2)12-9-13-27(28)35-6-3/h4,7-14,16,20-21,25,29H,1,5-6,15,17-19H2,2-3H3,(H,32,37)/t20-,21-,25+,29-/m0/s1. The molecule has 0 spiro atoms. The summed E-state index contributed by atoms with van der Waals surface area (Å²) >= 11 is 5.83. The average Bonchev–Trinajstić information content (AvgIpc) is 2.93. The highest BCUT2D eigenvalue weighted by Gasteiger charge is 2.44. The molecule has 0 radical (unpaired) electrons. The van der Waals surface area contributed by atoms with E-state index < -0.39 is 0 Å². The van der Waals surface area contributed by atoms with E-state index in [1.165, 1.54) is 6.42 Å². The number of thiocarbonyl (C=S) groups is 1. The van der Waals surface area contributed by atoms with E-state index in [-0.39, 0.29) is 12.1 Å². The summed E-state index contributed by atoms with van der Waals surface area (Å²) < 4.78 is 18.4. The lowest BCUT2D eigenvalue weighted by molar-refractivity contribution is -0.0386. The molecular weight excluding hydrogens is 482 g/mol. The number of rotatable bonds is 9. The Morgan fingerprint density at radius 2 is 1.89 bits per heavy atom. The Morgan fingerprint density at radius 1 is 1.14 bits per heavy atom. The SMILES string of the molecule is C=C[C@H]1CN2CC[C@H]1C[C@@H]2[C@@H](OC(=S)Nc1c(OCC)cccc1OCC)c1ccnc2ccccc12. The van der Waals surface area contributed by atoms with Crippen molar-refractivity contribution in [1.29, 1.82) is 0 Å². The molecule has 5 atom stereocenters. The van der Waals surface area contributed by atoms with Gasteiger partial charge in [0.15, 0.2) is 0 Å². The first kappa shape index (κ1) is 25.5. The molecule has 37 heavy (non-hydrogen) atoms. The summed E-state index contributed by atoms with van der Waals surface area (Å²) in [7, 11) is 0. The largest absolute Gasteiger partial charge is 0.492 e. The summed E-state index contributed by atoms with van der Waals surface area (Å²) in [6.45, 7) is 11.1. The molecule has 3 aromatic rings. The Hall–Kier alpha value is -3.16. The van der Waals surface area contributed by atoms with Crippen LogP contribution in [0.25, 0.3) is 10.9 Å². The molecule has 3 aliphatic rings. The maximum Gasteiger partial charge on any atom is 0.262 e. The number of anilines is 1.